The molecule has 0 radical (unpaired) electrons. The summed E-state index contributed by atoms with van der Waals surface area (Å²) < 4.78 is 5.74. The molecule has 0 fully saturated rings. The molecule has 0 bridgehead atoms. The van der Waals surface area contributed by atoms with E-state index in [1.807, 2.05) is 12.1 Å². The lowest BCUT2D eigenvalue weighted by Crippen LogP contribution is -1.70. The number of nitrogens with zero attached hydrogens (tertiary/aromatic N) is 2. The molecule has 3 nitrogen and oxygen atoms in total. The van der Waals surface area contributed by atoms with Crippen LogP contribution < -0.4 is 0 Å². The van der Waals surface area contributed by atoms with Gasteiger partial charge in [-0.15, -0.1) is 0 Å². The molecule has 0 unspecified atom stereocenters. The van der Waals surface area contributed by atoms with Crippen LogP contribution in [0.2, 0.25) is 0 Å². The number of hydrogen-bond acceptors (Lipinski definition) is 3. The van der Waals surface area contributed by atoms with E-state index in [9.17, 15) is 0 Å². The molecule has 2 aromatic heterocycles. The number of halogens is 1. The summed E-state index contributed by atoms with van der Waals surface area (Å²) in [6, 6.07) is 3.79. The lowest BCUT2D eigenvalue weighted by Gasteiger charge is -1.80. The minimum atomic E-state index is 0.604. The van der Waals surface area contributed by atoms with Gasteiger partial charge in [-0.05, 0) is 34.7 Å². The van der Waals surface area contributed by atoms with E-state index in [1.54, 1.807) is 6.20 Å². The minimum absolute atomic E-state index is 0.604. The van der Waals surface area contributed by atoms with Crippen molar-refractivity contribution < 1.29 is 4.52 Å². The predicted octanol–water partition coefficient (Wildman–Crippen LogP) is 1.83. The molecule has 0 saturated carbocycles. The van der Waals surface area contributed by atoms with E-state index in [0.717, 1.165) is 9.09 Å². The van der Waals surface area contributed by atoms with Gasteiger partial charge in [0.15, 0.2) is 3.70 Å². The molecule has 0 aromatic carbocycles. The molecule has 2 rings (SSSR count). The molecule has 0 aliphatic rings. The monoisotopic (exact) mass is 246 g/mol. The molecule has 0 aliphatic carbocycles. The highest BCUT2D eigenvalue weighted by molar-refractivity contribution is 14.1. The van der Waals surface area contributed by atoms with Crippen molar-refractivity contribution in [3.63, 3.8) is 0 Å². The molecule has 10 heavy (non-hydrogen) atoms. The average Bonchev–Trinajstić information content (AvgIpc) is 2.34. The van der Waals surface area contributed by atoms with Crippen molar-refractivity contribution in [2.24, 2.45) is 0 Å². The Kier molecular flexibility index (Phi) is 1.33. The Bertz CT molecular complexity index is 357. The summed E-state index contributed by atoms with van der Waals surface area (Å²) >= 11 is 2.11. The van der Waals surface area contributed by atoms with Gasteiger partial charge in [0.2, 0.25) is 0 Å². The Hall–Kier alpha value is -0.650. The highest BCUT2D eigenvalue weighted by atomic mass is 127. The number of pyridine rings is 1. The van der Waals surface area contributed by atoms with Crippen LogP contribution in [0.5, 0.6) is 0 Å². The SMILES string of the molecule is Ic1noc2ncccc12. The lowest BCUT2D eigenvalue weighted by atomic mass is 10.4. The van der Waals surface area contributed by atoms with Crippen LogP contribution in [0.4, 0.5) is 0 Å². The molecular weight excluding hydrogens is 243 g/mol. The molecule has 0 spiro atoms. The molecule has 2 aromatic rings. The van der Waals surface area contributed by atoms with Crippen molar-refractivity contribution in [1.82, 2.24) is 10.1 Å². The van der Waals surface area contributed by atoms with Crippen molar-refractivity contribution in [1.29, 1.82) is 0 Å². The smallest absolute Gasteiger partial charge is 0.258 e. The van der Waals surface area contributed by atoms with Gasteiger partial charge in [0.1, 0.15) is 0 Å². The Morgan fingerprint density at radius 2 is 2.40 bits per heavy atom. The highest BCUT2D eigenvalue weighted by Crippen LogP contribution is 2.16. The van der Waals surface area contributed by atoms with Crippen LogP contribution in [0.15, 0.2) is 22.9 Å². The van der Waals surface area contributed by atoms with Crippen LogP contribution in [-0.4, -0.2) is 10.1 Å². The molecule has 0 aliphatic heterocycles. The Morgan fingerprint density at radius 1 is 1.50 bits per heavy atom. The summed E-state index contributed by atoms with van der Waals surface area (Å²) in [5.41, 5.74) is 0.604. The van der Waals surface area contributed by atoms with E-state index in [0.29, 0.717) is 5.71 Å². The largest absolute Gasteiger partial charge is 0.335 e. The van der Waals surface area contributed by atoms with E-state index in [-0.39, 0.29) is 0 Å². The third-order valence-corrected chi connectivity index (χ3v) is 1.98. The molecule has 50 valence electrons. The number of aromatic nitrogens is 2. The van der Waals surface area contributed by atoms with Crippen molar-refractivity contribution in [2.75, 3.05) is 0 Å². The van der Waals surface area contributed by atoms with Crippen LogP contribution >= 0.6 is 22.6 Å². The van der Waals surface area contributed by atoms with Crippen LogP contribution in [0.1, 0.15) is 0 Å². The fourth-order valence-corrected chi connectivity index (χ4v) is 1.26. The zero-order chi connectivity index (χ0) is 6.97. The Balaban J connectivity index is 2.93. The van der Waals surface area contributed by atoms with Crippen LogP contribution in [-0.2, 0) is 0 Å². The first-order chi connectivity index (χ1) is 4.88. The normalized spacial score (nSPS) is 10.5. The van der Waals surface area contributed by atoms with Gasteiger partial charge in [-0.2, -0.15) is 0 Å². The maximum Gasteiger partial charge on any atom is 0.258 e. The average molecular weight is 246 g/mol. The molecule has 4 heteroatoms. The fourth-order valence-electron chi connectivity index (χ4n) is 0.753. The first-order valence-corrected chi connectivity index (χ1v) is 3.82. The van der Waals surface area contributed by atoms with Gasteiger partial charge in [0.25, 0.3) is 5.71 Å². The topological polar surface area (TPSA) is 38.9 Å². The molecule has 0 saturated heterocycles. The van der Waals surface area contributed by atoms with Gasteiger partial charge in [-0.3, -0.25) is 0 Å². The summed E-state index contributed by atoms with van der Waals surface area (Å²) in [4.78, 5) is 3.97. The second-order valence-corrected chi connectivity index (χ2v) is 2.85. The van der Waals surface area contributed by atoms with Gasteiger partial charge in [-0.1, -0.05) is 5.16 Å². The first-order valence-electron chi connectivity index (χ1n) is 2.74. The van der Waals surface area contributed by atoms with Crippen LogP contribution in [0.3, 0.4) is 0 Å². The van der Waals surface area contributed by atoms with Gasteiger partial charge < -0.3 is 4.52 Å². The van der Waals surface area contributed by atoms with Crippen molar-refractivity contribution in [2.45, 2.75) is 0 Å². The van der Waals surface area contributed by atoms with E-state index in [1.165, 1.54) is 0 Å². The quantitative estimate of drug-likeness (QED) is 0.665. The number of rotatable bonds is 0. The lowest BCUT2D eigenvalue weighted by molar-refractivity contribution is 0.443. The predicted molar refractivity (Wildman–Crippen MR) is 44.5 cm³/mol. The Morgan fingerprint density at radius 3 is 3.20 bits per heavy atom. The van der Waals surface area contributed by atoms with Crippen LogP contribution in [0.25, 0.3) is 11.1 Å². The molecule has 0 N–H and O–H groups in total. The summed E-state index contributed by atoms with van der Waals surface area (Å²) in [5, 5.41) is 4.72. The standard InChI is InChI=1S/C6H3IN2O/c7-5-4-2-1-3-8-6(4)10-9-5/h1-3H. The summed E-state index contributed by atoms with van der Waals surface area (Å²) in [7, 11) is 0. The summed E-state index contributed by atoms with van der Waals surface area (Å²) in [6.07, 6.45) is 1.68. The minimum Gasteiger partial charge on any atom is -0.335 e. The van der Waals surface area contributed by atoms with E-state index < -0.39 is 0 Å². The van der Waals surface area contributed by atoms with E-state index in [2.05, 4.69) is 32.7 Å². The van der Waals surface area contributed by atoms with Crippen molar-refractivity contribution in [3.05, 3.63) is 22.0 Å². The molecule has 0 atom stereocenters. The maximum absolute atomic E-state index is 4.88. The molecule has 0 amide bonds. The maximum atomic E-state index is 4.88. The van der Waals surface area contributed by atoms with Gasteiger partial charge in [0, 0.05) is 6.20 Å². The third kappa shape index (κ3) is 0.792. The van der Waals surface area contributed by atoms with Gasteiger partial charge in [0.05, 0.1) is 5.39 Å². The van der Waals surface area contributed by atoms with Crippen molar-refractivity contribution >= 4 is 33.7 Å². The van der Waals surface area contributed by atoms with Crippen LogP contribution in [0, 0.1) is 3.70 Å². The van der Waals surface area contributed by atoms with E-state index >= 15 is 0 Å². The summed E-state index contributed by atoms with van der Waals surface area (Å²) in [5.74, 6) is 0. The van der Waals surface area contributed by atoms with Gasteiger partial charge in [-0.25, -0.2) is 4.98 Å². The van der Waals surface area contributed by atoms with E-state index in [4.69, 9.17) is 4.52 Å². The second kappa shape index (κ2) is 2.19. The number of hydrogen-bond donors (Lipinski definition) is 0. The molecule has 2 heterocycles. The Labute approximate surface area is 70.6 Å². The highest BCUT2D eigenvalue weighted by Gasteiger charge is 2.02. The fraction of sp³-hybridized carbons (Fsp3) is 0. The third-order valence-electron chi connectivity index (χ3n) is 1.21. The second-order valence-electron chi connectivity index (χ2n) is 1.83. The van der Waals surface area contributed by atoms with Crippen molar-refractivity contribution in [3.8, 4) is 0 Å². The van der Waals surface area contributed by atoms with Gasteiger partial charge >= 0.3 is 0 Å². The molecular formula is C6H3IN2O. The zero-order valence-corrected chi connectivity index (χ0v) is 7.07. The zero-order valence-electron chi connectivity index (χ0n) is 4.91. The number of fused-ring (bicyclic) bond motifs is 1. The summed E-state index contributed by atoms with van der Waals surface area (Å²) in [6.45, 7) is 0. The first kappa shape index (κ1) is 6.09.